The Bertz CT molecular complexity index is 512. The van der Waals surface area contributed by atoms with Gasteiger partial charge in [0, 0.05) is 0 Å². The maximum atomic E-state index is 9.39. The minimum absolute atomic E-state index is 0.108. The van der Waals surface area contributed by atoms with Crippen LogP contribution in [0.15, 0.2) is 66.2 Å². The summed E-state index contributed by atoms with van der Waals surface area (Å²) in [5.74, 6) is 0. The molecule has 0 aromatic heterocycles. The molecule has 0 saturated heterocycles. The van der Waals surface area contributed by atoms with E-state index in [0.29, 0.717) is 0 Å². The molecule has 0 aliphatic carbocycles. The van der Waals surface area contributed by atoms with E-state index in [1.165, 1.54) is 16.7 Å². The molecule has 0 heterocycles. The smallest absolute Gasteiger partial charge is 0.0645 e. The highest BCUT2D eigenvalue weighted by molar-refractivity contribution is 5.70. The highest BCUT2D eigenvalue weighted by Gasteiger charge is 2.06. The molecule has 92 valence electrons. The van der Waals surface area contributed by atoms with E-state index in [1.54, 1.807) is 0 Å². The second-order valence-corrected chi connectivity index (χ2v) is 4.45. The lowest BCUT2D eigenvalue weighted by Crippen LogP contribution is -1.97. The van der Waals surface area contributed by atoms with Crippen LogP contribution in [-0.2, 0) is 6.42 Å². The van der Waals surface area contributed by atoms with Crippen LogP contribution in [0.3, 0.4) is 0 Å². The van der Waals surface area contributed by atoms with Crippen LogP contribution in [0, 0.1) is 0 Å². The molecule has 1 N–H and O–H groups in total. The minimum Gasteiger partial charge on any atom is -0.392 e. The van der Waals surface area contributed by atoms with E-state index in [1.807, 2.05) is 43.3 Å². The lowest BCUT2D eigenvalue weighted by molar-refractivity contribution is 0.332. The van der Waals surface area contributed by atoms with Crippen molar-refractivity contribution in [3.63, 3.8) is 0 Å². The standard InChI is InChI=1S/C17H18O/c1-14(13-18)17(16-10-6-3-7-11-16)12-15-8-4-2-5-9-15/h2-11,18H,12-13H2,1H3/b17-14+. The van der Waals surface area contributed by atoms with E-state index < -0.39 is 0 Å². The third kappa shape index (κ3) is 3.08. The molecule has 2 aromatic rings. The van der Waals surface area contributed by atoms with Gasteiger partial charge in [-0.15, -0.1) is 0 Å². The van der Waals surface area contributed by atoms with Crippen molar-refractivity contribution in [3.8, 4) is 0 Å². The van der Waals surface area contributed by atoms with Crippen molar-refractivity contribution in [2.24, 2.45) is 0 Å². The maximum absolute atomic E-state index is 9.39. The largest absolute Gasteiger partial charge is 0.392 e. The van der Waals surface area contributed by atoms with Crippen LogP contribution in [0.1, 0.15) is 18.1 Å². The van der Waals surface area contributed by atoms with E-state index >= 15 is 0 Å². The maximum Gasteiger partial charge on any atom is 0.0645 e. The van der Waals surface area contributed by atoms with Gasteiger partial charge in [-0.3, -0.25) is 0 Å². The average Bonchev–Trinajstić information content (AvgIpc) is 2.46. The second kappa shape index (κ2) is 6.18. The van der Waals surface area contributed by atoms with E-state index in [4.69, 9.17) is 0 Å². The lowest BCUT2D eigenvalue weighted by Gasteiger charge is -2.12. The molecule has 0 atom stereocenters. The highest BCUT2D eigenvalue weighted by Crippen LogP contribution is 2.23. The Hall–Kier alpha value is -1.86. The van der Waals surface area contributed by atoms with E-state index in [9.17, 15) is 5.11 Å². The van der Waals surface area contributed by atoms with Gasteiger partial charge < -0.3 is 5.11 Å². The molecule has 0 saturated carbocycles. The van der Waals surface area contributed by atoms with Crippen LogP contribution >= 0.6 is 0 Å². The van der Waals surface area contributed by atoms with Gasteiger partial charge in [-0.05, 0) is 35.6 Å². The summed E-state index contributed by atoms with van der Waals surface area (Å²) in [5, 5.41) is 9.39. The molecule has 2 aromatic carbocycles. The number of rotatable bonds is 4. The molecule has 0 fully saturated rings. The molecule has 0 radical (unpaired) electrons. The monoisotopic (exact) mass is 238 g/mol. The first-order valence-corrected chi connectivity index (χ1v) is 6.20. The first-order valence-electron chi connectivity index (χ1n) is 6.20. The Labute approximate surface area is 108 Å². The van der Waals surface area contributed by atoms with Crippen molar-refractivity contribution < 1.29 is 5.11 Å². The molecule has 18 heavy (non-hydrogen) atoms. The van der Waals surface area contributed by atoms with Crippen LogP contribution in [0.25, 0.3) is 5.57 Å². The predicted octanol–water partition coefficient (Wildman–Crippen LogP) is 3.70. The second-order valence-electron chi connectivity index (χ2n) is 4.45. The number of hydrogen-bond donors (Lipinski definition) is 1. The van der Waals surface area contributed by atoms with Gasteiger partial charge in [-0.25, -0.2) is 0 Å². The van der Waals surface area contributed by atoms with Crippen LogP contribution in [-0.4, -0.2) is 11.7 Å². The summed E-state index contributed by atoms with van der Waals surface area (Å²) in [6.07, 6.45) is 0.858. The summed E-state index contributed by atoms with van der Waals surface area (Å²) >= 11 is 0. The Morgan fingerprint density at radius 2 is 1.44 bits per heavy atom. The van der Waals surface area contributed by atoms with Crippen LogP contribution in [0.5, 0.6) is 0 Å². The van der Waals surface area contributed by atoms with E-state index in [0.717, 1.165) is 12.0 Å². The third-order valence-corrected chi connectivity index (χ3v) is 3.10. The number of benzene rings is 2. The Kier molecular flexibility index (Phi) is 4.32. The van der Waals surface area contributed by atoms with Crippen molar-refractivity contribution in [2.45, 2.75) is 13.3 Å². The number of allylic oxidation sites excluding steroid dienone is 1. The Balaban J connectivity index is 2.34. The van der Waals surface area contributed by atoms with Crippen molar-refractivity contribution in [1.82, 2.24) is 0 Å². The molecule has 0 aliphatic heterocycles. The quantitative estimate of drug-likeness (QED) is 0.861. The average molecular weight is 238 g/mol. The summed E-state index contributed by atoms with van der Waals surface area (Å²) in [4.78, 5) is 0. The van der Waals surface area contributed by atoms with Crippen LogP contribution in [0.2, 0.25) is 0 Å². The molecular formula is C17H18O. The summed E-state index contributed by atoms with van der Waals surface area (Å²) in [5.41, 5.74) is 4.70. The summed E-state index contributed by atoms with van der Waals surface area (Å²) in [6, 6.07) is 20.6. The normalized spacial score (nSPS) is 12.1. The number of aliphatic hydroxyl groups is 1. The van der Waals surface area contributed by atoms with Gasteiger partial charge >= 0.3 is 0 Å². The summed E-state index contributed by atoms with van der Waals surface area (Å²) < 4.78 is 0. The zero-order chi connectivity index (χ0) is 12.8. The number of hydrogen-bond acceptors (Lipinski definition) is 1. The van der Waals surface area contributed by atoms with E-state index in [-0.39, 0.29) is 6.61 Å². The molecule has 0 amide bonds. The van der Waals surface area contributed by atoms with Crippen LogP contribution in [0.4, 0.5) is 0 Å². The highest BCUT2D eigenvalue weighted by atomic mass is 16.3. The van der Waals surface area contributed by atoms with Gasteiger partial charge in [0.1, 0.15) is 0 Å². The van der Waals surface area contributed by atoms with Gasteiger partial charge in [0.2, 0.25) is 0 Å². The molecule has 0 bridgehead atoms. The predicted molar refractivity (Wildman–Crippen MR) is 76.3 cm³/mol. The fourth-order valence-corrected chi connectivity index (χ4v) is 2.03. The molecule has 0 aliphatic rings. The van der Waals surface area contributed by atoms with Gasteiger partial charge in [-0.2, -0.15) is 0 Å². The SMILES string of the molecule is C/C(CO)=C(/Cc1ccccc1)c1ccccc1. The van der Waals surface area contributed by atoms with Crippen LogP contribution < -0.4 is 0 Å². The van der Waals surface area contributed by atoms with Crippen molar-refractivity contribution in [2.75, 3.05) is 6.61 Å². The third-order valence-electron chi connectivity index (χ3n) is 3.10. The molecule has 0 spiro atoms. The van der Waals surface area contributed by atoms with Crippen molar-refractivity contribution in [3.05, 3.63) is 77.4 Å². The number of aliphatic hydroxyl groups excluding tert-OH is 1. The fraction of sp³-hybridized carbons (Fsp3) is 0.176. The molecular weight excluding hydrogens is 220 g/mol. The van der Waals surface area contributed by atoms with Gasteiger partial charge in [0.15, 0.2) is 0 Å². The zero-order valence-electron chi connectivity index (χ0n) is 10.6. The minimum atomic E-state index is 0.108. The van der Waals surface area contributed by atoms with Gasteiger partial charge in [0.25, 0.3) is 0 Å². The lowest BCUT2D eigenvalue weighted by atomic mass is 9.94. The first-order chi connectivity index (χ1) is 8.81. The van der Waals surface area contributed by atoms with Crippen molar-refractivity contribution >= 4 is 5.57 Å². The van der Waals surface area contributed by atoms with Crippen molar-refractivity contribution in [1.29, 1.82) is 0 Å². The summed E-state index contributed by atoms with van der Waals surface area (Å²) in [7, 11) is 0. The van der Waals surface area contributed by atoms with E-state index in [2.05, 4.69) is 24.3 Å². The first kappa shape index (κ1) is 12.6. The van der Waals surface area contributed by atoms with Gasteiger partial charge in [0.05, 0.1) is 6.61 Å². The Morgan fingerprint density at radius 3 is 2.00 bits per heavy atom. The molecule has 2 rings (SSSR count). The Morgan fingerprint density at radius 1 is 0.889 bits per heavy atom. The molecule has 1 heteroatoms. The zero-order valence-corrected chi connectivity index (χ0v) is 10.6. The summed E-state index contributed by atoms with van der Waals surface area (Å²) in [6.45, 7) is 2.10. The molecule has 0 unspecified atom stereocenters. The fourth-order valence-electron chi connectivity index (χ4n) is 2.03. The van der Waals surface area contributed by atoms with Gasteiger partial charge in [-0.1, -0.05) is 60.7 Å². The topological polar surface area (TPSA) is 20.2 Å². The molecule has 1 nitrogen and oxygen atoms in total.